The van der Waals surface area contributed by atoms with Gasteiger partial charge in [-0.05, 0) is 56.7 Å². The van der Waals surface area contributed by atoms with Gasteiger partial charge in [0.2, 0.25) is 0 Å². The van der Waals surface area contributed by atoms with Crippen molar-refractivity contribution in [1.29, 1.82) is 0 Å². The largest absolute Gasteiger partial charge is 0.490 e. The molecule has 0 aromatic heterocycles. The summed E-state index contributed by atoms with van der Waals surface area (Å²) in [7, 11) is 1.48. The Morgan fingerprint density at radius 3 is 2.30 bits per heavy atom. The molecule has 184 valence electrons. The number of esters is 2. The van der Waals surface area contributed by atoms with Crippen molar-refractivity contribution < 1.29 is 47.2 Å². The fourth-order valence-electron chi connectivity index (χ4n) is 3.61. The van der Waals surface area contributed by atoms with Crippen molar-refractivity contribution in [2.75, 3.05) is 20.3 Å². The van der Waals surface area contributed by atoms with Crippen LogP contribution in [0.5, 0.6) is 5.75 Å². The van der Waals surface area contributed by atoms with Crippen LogP contribution in [-0.2, 0) is 19.0 Å². The highest BCUT2D eigenvalue weighted by Gasteiger charge is 2.51. The molecule has 33 heavy (non-hydrogen) atoms. The van der Waals surface area contributed by atoms with Crippen LogP contribution in [0.15, 0.2) is 18.2 Å². The summed E-state index contributed by atoms with van der Waals surface area (Å²) in [6, 6.07) is 3.72. The van der Waals surface area contributed by atoms with Crippen LogP contribution >= 0.6 is 0 Å². The second-order valence-corrected chi connectivity index (χ2v) is 8.60. The van der Waals surface area contributed by atoms with Crippen LogP contribution < -0.4 is 4.74 Å². The number of methoxy groups -OCH3 is 1. The van der Waals surface area contributed by atoms with Gasteiger partial charge < -0.3 is 24.1 Å². The zero-order valence-electron chi connectivity index (χ0n) is 19.2. The van der Waals surface area contributed by atoms with Crippen LogP contribution in [0.25, 0.3) is 0 Å². The molecule has 1 atom stereocenters. The zero-order chi connectivity index (χ0) is 24.8. The molecular weight excluding hydrogens is 442 g/mol. The SMILES string of the molecule is COCCOc1ccc(C(=O)OC(C(C)C)C(F)(F)C(=O)O)cc1C(=O)OC1(C)CCCC1. The molecule has 0 aliphatic heterocycles. The van der Waals surface area contributed by atoms with E-state index in [2.05, 4.69) is 0 Å². The summed E-state index contributed by atoms with van der Waals surface area (Å²) in [5, 5.41) is 8.83. The summed E-state index contributed by atoms with van der Waals surface area (Å²) >= 11 is 0. The predicted octanol–water partition coefficient (Wildman–Crippen LogP) is 4.10. The van der Waals surface area contributed by atoms with Crippen LogP contribution in [0.3, 0.4) is 0 Å². The minimum Gasteiger partial charge on any atom is -0.490 e. The topological polar surface area (TPSA) is 108 Å². The number of carbonyl (C=O) groups is 3. The maximum absolute atomic E-state index is 14.1. The van der Waals surface area contributed by atoms with Crippen LogP contribution in [0.4, 0.5) is 8.78 Å². The lowest BCUT2D eigenvalue weighted by molar-refractivity contribution is -0.187. The third kappa shape index (κ3) is 6.63. The number of alkyl halides is 2. The molecule has 0 radical (unpaired) electrons. The molecule has 2 rings (SSSR count). The molecule has 1 aliphatic rings. The van der Waals surface area contributed by atoms with Crippen molar-refractivity contribution in [3.63, 3.8) is 0 Å². The van der Waals surface area contributed by atoms with Gasteiger partial charge in [-0.3, -0.25) is 0 Å². The van der Waals surface area contributed by atoms with Crippen LogP contribution in [0.1, 0.15) is 67.2 Å². The molecule has 0 spiro atoms. The van der Waals surface area contributed by atoms with E-state index in [0.29, 0.717) is 12.8 Å². The highest BCUT2D eigenvalue weighted by atomic mass is 19.3. The Hall–Kier alpha value is -2.75. The molecule has 0 bridgehead atoms. The molecule has 8 nitrogen and oxygen atoms in total. The van der Waals surface area contributed by atoms with Gasteiger partial charge in [-0.1, -0.05) is 13.8 Å². The standard InChI is InChI=1S/C23H30F2O8/c1-14(2)18(23(24,25)21(28)29)32-19(26)15-7-8-17(31-12-11-30-4)16(13-15)20(27)33-22(3)9-5-6-10-22/h7-8,13-14,18H,5-6,9-12H2,1-4H3,(H,28,29). The van der Waals surface area contributed by atoms with Crippen LogP contribution in [0, 0.1) is 5.92 Å². The Kier molecular flexibility index (Phi) is 8.76. The average molecular weight is 472 g/mol. The van der Waals surface area contributed by atoms with E-state index in [0.717, 1.165) is 18.9 Å². The molecule has 1 N–H and O–H groups in total. The highest BCUT2D eigenvalue weighted by Crippen LogP contribution is 2.35. The van der Waals surface area contributed by atoms with Gasteiger partial charge in [0.15, 0.2) is 6.10 Å². The number of carbonyl (C=O) groups excluding carboxylic acids is 2. The number of hydrogen-bond donors (Lipinski definition) is 1. The Morgan fingerprint density at radius 2 is 1.76 bits per heavy atom. The highest BCUT2D eigenvalue weighted by molar-refractivity contribution is 5.97. The molecule has 1 saturated carbocycles. The first-order chi connectivity index (χ1) is 15.4. The fraction of sp³-hybridized carbons (Fsp3) is 0.609. The third-order valence-corrected chi connectivity index (χ3v) is 5.46. The van der Waals surface area contributed by atoms with Crippen molar-refractivity contribution in [3.8, 4) is 5.75 Å². The van der Waals surface area contributed by atoms with Gasteiger partial charge in [0.25, 0.3) is 0 Å². The number of ether oxygens (including phenoxy) is 4. The van der Waals surface area contributed by atoms with E-state index in [-0.39, 0.29) is 30.1 Å². The molecule has 10 heteroatoms. The van der Waals surface area contributed by atoms with Crippen molar-refractivity contribution in [3.05, 3.63) is 29.3 Å². The van der Waals surface area contributed by atoms with Crippen molar-refractivity contribution in [1.82, 2.24) is 0 Å². The molecule has 0 heterocycles. The molecule has 1 aromatic carbocycles. The first-order valence-electron chi connectivity index (χ1n) is 10.7. The normalized spacial score (nSPS) is 16.3. The fourth-order valence-corrected chi connectivity index (χ4v) is 3.61. The second kappa shape index (κ2) is 10.9. The number of carboxylic acid groups (broad SMARTS) is 1. The Labute approximate surface area is 191 Å². The quantitative estimate of drug-likeness (QED) is 0.379. The number of carboxylic acids is 1. The zero-order valence-corrected chi connectivity index (χ0v) is 19.2. The average Bonchev–Trinajstić information content (AvgIpc) is 3.17. The Bertz CT molecular complexity index is 862. The number of benzene rings is 1. The summed E-state index contributed by atoms with van der Waals surface area (Å²) in [6.45, 7) is 4.82. The number of aliphatic carboxylic acids is 1. The van der Waals surface area contributed by atoms with Gasteiger partial charge in [0.05, 0.1) is 12.2 Å². The smallest absolute Gasteiger partial charge is 0.378 e. The molecule has 1 unspecified atom stereocenters. The molecular formula is C23H30F2O8. The van der Waals surface area contributed by atoms with E-state index in [9.17, 15) is 23.2 Å². The van der Waals surface area contributed by atoms with E-state index in [1.165, 1.54) is 33.1 Å². The van der Waals surface area contributed by atoms with Gasteiger partial charge in [-0.25, -0.2) is 14.4 Å². The minimum atomic E-state index is -4.29. The molecule has 0 amide bonds. The van der Waals surface area contributed by atoms with E-state index < -0.39 is 41.5 Å². The monoisotopic (exact) mass is 472 g/mol. The molecule has 0 saturated heterocycles. The van der Waals surface area contributed by atoms with Gasteiger partial charge in [0, 0.05) is 7.11 Å². The lowest BCUT2D eigenvalue weighted by Gasteiger charge is -2.27. The number of hydrogen-bond acceptors (Lipinski definition) is 7. The van der Waals surface area contributed by atoms with E-state index in [1.54, 1.807) is 0 Å². The lowest BCUT2D eigenvalue weighted by atomic mass is 10.0. The molecule has 1 fully saturated rings. The summed E-state index contributed by atoms with van der Waals surface area (Å²) in [5.74, 6) is -9.46. The Morgan fingerprint density at radius 1 is 1.12 bits per heavy atom. The maximum Gasteiger partial charge on any atom is 0.378 e. The van der Waals surface area contributed by atoms with E-state index in [1.807, 2.05) is 6.92 Å². The summed E-state index contributed by atoms with van der Waals surface area (Å²) in [5.41, 5.74) is -0.937. The van der Waals surface area contributed by atoms with E-state index >= 15 is 0 Å². The van der Waals surface area contributed by atoms with Gasteiger partial charge >= 0.3 is 23.8 Å². The predicted molar refractivity (Wildman–Crippen MR) is 113 cm³/mol. The number of rotatable bonds is 11. The van der Waals surface area contributed by atoms with Crippen molar-refractivity contribution in [2.45, 2.75) is 64.1 Å². The number of halogens is 2. The Balaban J connectivity index is 2.33. The van der Waals surface area contributed by atoms with E-state index in [4.69, 9.17) is 24.1 Å². The van der Waals surface area contributed by atoms with Crippen LogP contribution in [0.2, 0.25) is 0 Å². The van der Waals surface area contributed by atoms with Gasteiger partial charge in [0.1, 0.15) is 23.5 Å². The summed E-state index contributed by atoms with van der Waals surface area (Å²) in [6.07, 6.45) is 1.03. The van der Waals surface area contributed by atoms with Gasteiger partial charge in [-0.15, -0.1) is 0 Å². The minimum absolute atomic E-state index is 0.0697. The second-order valence-electron chi connectivity index (χ2n) is 8.60. The van der Waals surface area contributed by atoms with Crippen molar-refractivity contribution in [2.24, 2.45) is 5.92 Å². The van der Waals surface area contributed by atoms with Crippen molar-refractivity contribution >= 4 is 17.9 Å². The third-order valence-electron chi connectivity index (χ3n) is 5.46. The maximum atomic E-state index is 14.1. The summed E-state index contributed by atoms with van der Waals surface area (Å²) in [4.78, 5) is 36.5. The first-order valence-corrected chi connectivity index (χ1v) is 10.7. The summed E-state index contributed by atoms with van der Waals surface area (Å²) < 4.78 is 49.2. The van der Waals surface area contributed by atoms with Gasteiger partial charge in [-0.2, -0.15) is 8.78 Å². The van der Waals surface area contributed by atoms with Crippen LogP contribution in [-0.4, -0.2) is 61.0 Å². The lowest BCUT2D eigenvalue weighted by Crippen LogP contribution is -2.47. The molecule has 1 aliphatic carbocycles. The molecule has 1 aromatic rings. The first kappa shape index (κ1) is 26.5.